The molecule has 1 saturated heterocycles. The Bertz CT molecular complexity index is 631. The Labute approximate surface area is 123 Å². The van der Waals surface area contributed by atoms with Crippen molar-refractivity contribution < 1.29 is 19.0 Å². The summed E-state index contributed by atoms with van der Waals surface area (Å²) in [6.45, 7) is 1.98. The highest BCUT2D eigenvalue weighted by atomic mass is 16.6. The lowest BCUT2D eigenvalue weighted by atomic mass is 10.1. The van der Waals surface area contributed by atoms with Crippen molar-refractivity contribution in [1.29, 1.82) is 0 Å². The molecule has 1 aliphatic heterocycles. The molecular weight excluding hydrogens is 268 g/mol. The average molecular weight is 284 g/mol. The molecule has 0 radical (unpaired) electrons. The van der Waals surface area contributed by atoms with Crippen molar-refractivity contribution in [2.75, 3.05) is 7.11 Å². The van der Waals surface area contributed by atoms with Crippen LogP contribution in [0.4, 0.5) is 0 Å². The largest absolute Gasteiger partial charge is 0.497 e. The lowest BCUT2D eigenvalue weighted by molar-refractivity contribution is -0.135. The summed E-state index contributed by atoms with van der Waals surface area (Å²) in [5.74, 6) is 0.951. The summed E-state index contributed by atoms with van der Waals surface area (Å²) >= 11 is 0. The number of carbonyl (C=O) groups is 1. The maximum absolute atomic E-state index is 12.0. The van der Waals surface area contributed by atoms with Gasteiger partial charge < -0.3 is 14.2 Å². The topological polar surface area (TPSA) is 48.1 Å². The first-order chi connectivity index (χ1) is 10.2. The standard InChI is InChI=1S/C17H16O4/c1-11-3-7-14(8-4-11)20-17(18)16-15(21-16)12-5-9-13(19-2)10-6-12/h3-10,15-16H,1-2H3/t15-,16-/m0/s1. The van der Waals surface area contributed by atoms with Crippen molar-refractivity contribution in [3.8, 4) is 11.5 Å². The minimum atomic E-state index is -0.528. The third-order valence-electron chi connectivity index (χ3n) is 3.41. The van der Waals surface area contributed by atoms with E-state index in [2.05, 4.69) is 0 Å². The third-order valence-corrected chi connectivity index (χ3v) is 3.41. The van der Waals surface area contributed by atoms with Crippen LogP contribution in [0.5, 0.6) is 11.5 Å². The van der Waals surface area contributed by atoms with Gasteiger partial charge in [-0.05, 0) is 36.8 Å². The van der Waals surface area contributed by atoms with Crippen LogP contribution in [-0.4, -0.2) is 19.2 Å². The molecule has 4 nitrogen and oxygen atoms in total. The molecule has 0 N–H and O–H groups in total. The van der Waals surface area contributed by atoms with E-state index >= 15 is 0 Å². The van der Waals surface area contributed by atoms with E-state index in [0.717, 1.165) is 16.9 Å². The van der Waals surface area contributed by atoms with Gasteiger partial charge in [-0.3, -0.25) is 0 Å². The second-order valence-corrected chi connectivity index (χ2v) is 4.98. The van der Waals surface area contributed by atoms with Crippen LogP contribution in [0.1, 0.15) is 17.2 Å². The summed E-state index contributed by atoms with van der Waals surface area (Å²) in [5, 5.41) is 0. The normalized spacial score (nSPS) is 19.9. The molecule has 108 valence electrons. The fourth-order valence-corrected chi connectivity index (χ4v) is 2.12. The summed E-state index contributed by atoms with van der Waals surface area (Å²) in [6, 6.07) is 14.8. The molecule has 2 aromatic carbocycles. The highest BCUT2D eigenvalue weighted by Crippen LogP contribution is 2.40. The van der Waals surface area contributed by atoms with Crippen molar-refractivity contribution >= 4 is 5.97 Å². The zero-order chi connectivity index (χ0) is 14.8. The van der Waals surface area contributed by atoms with Crippen molar-refractivity contribution in [1.82, 2.24) is 0 Å². The number of aryl methyl sites for hydroxylation is 1. The number of epoxide rings is 1. The molecule has 0 aromatic heterocycles. The smallest absolute Gasteiger partial charge is 0.343 e. The quantitative estimate of drug-likeness (QED) is 0.492. The molecule has 3 rings (SSSR count). The van der Waals surface area contributed by atoms with E-state index in [1.54, 1.807) is 19.2 Å². The van der Waals surface area contributed by atoms with Gasteiger partial charge >= 0.3 is 5.97 Å². The Morgan fingerprint density at radius 3 is 2.24 bits per heavy atom. The molecule has 0 unspecified atom stereocenters. The number of ether oxygens (including phenoxy) is 3. The summed E-state index contributed by atoms with van der Waals surface area (Å²) in [4.78, 5) is 12.0. The number of benzene rings is 2. The van der Waals surface area contributed by atoms with Crippen LogP contribution in [0.3, 0.4) is 0 Å². The summed E-state index contributed by atoms with van der Waals surface area (Å²) in [6.07, 6.45) is -0.756. The summed E-state index contributed by atoms with van der Waals surface area (Å²) in [7, 11) is 1.62. The molecule has 0 saturated carbocycles. The van der Waals surface area contributed by atoms with E-state index in [-0.39, 0.29) is 12.1 Å². The van der Waals surface area contributed by atoms with Crippen molar-refractivity contribution in [2.45, 2.75) is 19.1 Å². The molecule has 4 heteroatoms. The van der Waals surface area contributed by atoms with Crippen LogP contribution >= 0.6 is 0 Å². The van der Waals surface area contributed by atoms with Crippen LogP contribution in [0.25, 0.3) is 0 Å². The van der Waals surface area contributed by atoms with Gasteiger partial charge in [0.2, 0.25) is 0 Å². The van der Waals surface area contributed by atoms with Crippen LogP contribution < -0.4 is 9.47 Å². The number of carbonyl (C=O) groups excluding carboxylic acids is 1. The van der Waals surface area contributed by atoms with E-state index in [9.17, 15) is 4.79 Å². The number of hydrogen-bond donors (Lipinski definition) is 0. The van der Waals surface area contributed by atoms with Crippen molar-refractivity contribution in [3.05, 3.63) is 59.7 Å². The van der Waals surface area contributed by atoms with Crippen molar-refractivity contribution in [2.24, 2.45) is 0 Å². The molecule has 0 amide bonds. The van der Waals surface area contributed by atoms with Gasteiger partial charge in [0, 0.05) is 0 Å². The van der Waals surface area contributed by atoms with E-state index in [1.165, 1.54) is 0 Å². The van der Waals surface area contributed by atoms with Gasteiger partial charge in [0.15, 0.2) is 6.10 Å². The average Bonchev–Trinajstić information content (AvgIpc) is 3.30. The highest BCUT2D eigenvalue weighted by Gasteiger charge is 2.47. The predicted octanol–water partition coefficient (Wildman–Crippen LogP) is 3.05. The Hall–Kier alpha value is -2.33. The lowest BCUT2D eigenvalue weighted by Gasteiger charge is -2.03. The number of esters is 1. The Morgan fingerprint density at radius 2 is 1.62 bits per heavy atom. The Morgan fingerprint density at radius 1 is 1.00 bits per heavy atom. The van der Waals surface area contributed by atoms with E-state index in [1.807, 2.05) is 43.3 Å². The second-order valence-electron chi connectivity index (χ2n) is 4.98. The zero-order valence-electron chi connectivity index (χ0n) is 11.9. The molecule has 0 bridgehead atoms. The highest BCUT2D eigenvalue weighted by molar-refractivity contribution is 5.80. The van der Waals surface area contributed by atoms with Gasteiger partial charge in [0.05, 0.1) is 7.11 Å². The number of rotatable bonds is 4. The molecular formula is C17H16O4. The monoisotopic (exact) mass is 284 g/mol. The molecule has 1 heterocycles. The van der Waals surface area contributed by atoms with Gasteiger partial charge in [-0.1, -0.05) is 29.8 Å². The van der Waals surface area contributed by atoms with Gasteiger partial charge in [0.25, 0.3) is 0 Å². The van der Waals surface area contributed by atoms with Crippen LogP contribution in [0.15, 0.2) is 48.5 Å². The fraction of sp³-hybridized carbons (Fsp3) is 0.235. The maximum Gasteiger partial charge on any atom is 0.343 e. The van der Waals surface area contributed by atoms with Crippen LogP contribution in [0.2, 0.25) is 0 Å². The molecule has 0 aliphatic carbocycles. The summed E-state index contributed by atoms with van der Waals surface area (Å²) < 4.78 is 15.8. The van der Waals surface area contributed by atoms with Gasteiger partial charge in [-0.25, -0.2) is 4.79 Å². The first kappa shape index (κ1) is 13.6. The molecule has 21 heavy (non-hydrogen) atoms. The Kier molecular flexibility index (Phi) is 3.62. The summed E-state index contributed by atoms with van der Waals surface area (Å²) in [5.41, 5.74) is 2.07. The SMILES string of the molecule is COc1ccc([C@@H]2O[C@@H]2C(=O)Oc2ccc(C)cc2)cc1. The van der Waals surface area contributed by atoms with Gasteiger partial charge in [0.1, 0.15) is 17.6 Å². The van der Waals surface area contributed by atoms with Crippen molar-refractivity contribution in [3.63, 3.8) is 0 Å². The van der Waals surface area contributed by atoms with Gasteiger partial charge in [-0.2, -0.15) is 0 Å². The lowest BCUT2D eigenvalue weighted by Crippen LogP contribution is -2.15. The van der Waals surface area contributed by atoms with E-state index in [4.69, 9.17) is 14.2 Å². The van der Waals surface area contributed by atoms with E-state index < -0.39 is 6.10 Å². The first-order valence-corrected chi connectivity index (χ1v) is 6.75. The maximum atomic E-state index is 12.0. The zero-order valence-corrected chi connectivity index (χ0v) is 11.9. The first-order valence-electron chi connectivity index (χ1n) is 6.75. The minimum absolute atomic E-state index is 0.228. The number of hydrogen-bond acceptors (Lipinski definition) is 4. The van der Waals surface area contributed by atoms with Crippen LogP contribution in [-0.2, 0) is 9.53 Å². The Balaban J connectivity index is 1.61. The van der Waals surface area contributed by atoms with Crippen LogP contribution in [0, 0.1) is 6.92 Å². The van der Waals surface area contributed by atoms with E-state index in [0.29, 0.717) is 5.75 Å². The minimum Gasteiger partial charge on any atom is -0.497 e. The van der Waals surface area contributed by atoms with Gasteiger partial charge in [-0.15, -0.1) is 0 Å². The third kappa shape index (κ3) is 3.06. The second kappa shape index (κ2) is 5.58. The number of methoxy groups -OCH3 is 1. The molecule has 2 aromatic rings. The predicted molar refractivity (Wildman–Crippen MR) is 77.4 cm³/mol. The molecule has 2 atom stereocenters. The molecule has 1 fully saturated rings. The fourth-order valence-electron chi connectivity index (χ4n) is 2.12. The molecule has 0 spiro atoms. The molecule has 1 aliphatic rings.